The van der Waals surface area contributed by atoms with Crippen molar-refractivity contribution in [1.82, 2.24) is 4.90 Å². The maximum atomic E-state index is 12.7. The molecule has 2 aromatic rings. The predicted molar refractivity (Wildman–Crippen MR) is 105 cm³/mol. The molecule has 6 nitrogen and oxygen atoms in total. The molecule has 0 unspecified atom stereocenters. The predicted octanol–water partition coefficient (Wildman–Crippen LogP) is 4.09. The van der Waals surface area contributed by atoms with E-state index in [1.165, 1.54) is 0 Å². The SMILES string of the molecule is COc1ccccc1OC1CCN(C(=O)Nc2c(C)cccc2OC)CC1. The van der Waals surface area contributed by atoms with Crippen LogP contribution in [0.15, 0.2) is 42.5 Å². The van der Waals surface area contributed by atoms with Gasteiger partial charge in [-0.3, -0.25) is 0 Å². The first kappa shape index (κ1) is 18.9. The summed E-state index contributed by atoms with van der Waals surface area (Å²) in [6.45, 7) is 3.23. The number of methoxy groups -OCH3 is 2. The Bertz CT molecular complexity index is 786. The summed E-state index contributed by atoms with van der Waals surface area (Å²) in [7, 11) is 3.24. The summed E-state index contributed by atoms with van der Waals surface area (Å²) < 4.78 is 16.8. The van der Waals surface area contributed by atoms with Crippen LogP contribution in [0.4, 0.5) is 10.5 Å². The molecule has 1 saturated heterocycles. The van der Waals surface area contributed by atoms with Gasteiger partial charge in [-0.1, -0.05) is 24.3 Å². The molecule has 0 spiro atoms. The van der Waals surface area contributed by atoms with E-state index in [2.05, 4.69) is 5.32 Å². The van der Waals surface area contributed by atoms with Crippen LogP contribution < -0.4 is 19.5 Å². The number of carbonyl (C=O) groups is 1. The summed E-state index contributed by atoms with van der Waals surface area (Å²) in [6.07, 6.45) is 1.62. The van der Waals surface area contributed by atoms with Crippen molar-refractivity contribution in [3.05, 3.63) is 48.0 Å². The number of nitrogens with one attached hydrogen (secondary N) is 1. The molecule has 1 aliphatic rings. The lowest BCUT2D eigenvalue weighted by Crippen LogP contribution is -2.43. The molecule has 3 rings (SSSR count). The average Bonchev–Trinajstić information content (AvgIpc) is 2.70. The van der Waals surface area contributed by atoms with Gasteiger partial charge in [0.25, 0.3) is 0 Å². The molecule has 2 amide bonds. The number of ether oxygens (including phenoxy) is 3. The van der Waals surface area contributed by atoms with Crippen LogP contribution in [0, 0.1) is 6.92 Å². The molecule has 0 radical (unpaired) electrons. The van der Waals surface area contributed by atoms with Crippen LogP contribution in [-0.4, -0.2) is 44.3 Å². The van der Waals surface area contributed by atoms with Gasteiger partial charge in [0.2, 0.25) is 0 Å². The first-order chi connectivity index (χ1) is 13.1. The standard InChI is InChI=1S/C21H26N2O4/c1-15-7-6-10-19(26-3)20(15)22-21(24)23-13-11-16(12-14-23)27-18-9-5-4-8-17(18)25-2/h4-10,16H,11-14H2,1-3H3,(H,22,24). The van der Waals surface area contributed by atoms with Crippen molar-refractivity contribution in [3.63, 3.8) is 0 Å². The van der Waals surface area contributed by atoms with Crippen LogP contribution >= 0.6 is 0 Å². The molecule has 0 saturated carbocycles. The maximum absolute atomic E-state index is 12.7. The largest absolute Gasteiger partial charge is 0.495 e. The van der Waals surface area contributed by atoms with Gasteiger partial charge in [0, 0.05) is 25.9 Å². The van der Waals surface area contributed by atoms with Crippen molar-refractivity contribution >= 4 is 11.7 Å². The Morgan fingerprint density at radius 1 is 0.963 bits per heavy atom. The van der Waals surface area contributed by atoms with Gasteiger partial charge in [-0.15, -0.1) is 0 Å². The Morgan fingerprint density at radius 3 is 2.26 bits per heavy atom. The van der Waals surface area contributed by atoms with Crippen LogP contribution in [-0.2, 0) is 0 Å². The Balaban J connectivity index is 1.57. The number of hydrogen-bond donors (Lipinski definition) is 1. The molecule has 2 aromatic carbocycles. The Kier molecular flexibility index (Phi) is 6.06. The molecule has 6 heteroatoms. The van der Waals surface area contributed by atoms with Crippen LogP contribution in [0.5, 0.6) is 17.2 Å². The first-order valence-electron chi connectivity index (χ1n) is 9.11. The second-order valence-electron chi connectivity index (χ2n) is 6.54. The second kappa shape index (κ2) is 8.66. The zero-order chi connectivity index (χ0) is 19.2. The zero-order valence-corrected chi connectivity index (χ0v) is 16.0. The van der Waals surface area contributed by atoms with E-state index in [4.69, 9.17) is 14.2 Å². The summed E-state index contributed by atoms with van der Waals surface area (Å²) >= 11 is 0. The number of rotatable bonds is 5. The monoisotopic (exact) mass is 370 g/mol. The van der Waals surface area contributed by atoms with E-state index in [-0.39, 0.29) is 12.1 Å². The summed E-state index contributed by atoms with van der Waals surface area (Å²) in [5, 5.41) is 2.98. The van der Waals surface area contributed by atoms with E-state index in [0.29, 0.717) is 18.8 Å². The summed E-state index contributed by atoms with van der Waals surface area (Å²) in [4.78, 5) is 14.5. The van der Waals surface area contributed by atoms with Gasteiger partial charge in [-0.25, -0.2) is 4.79 Å². The lowest BCUT2D eigenvalue weighted by Gasteiger charge is -2.32. The normalized spacial score (nSPS) is 14.6. The number of hydrogen-bond acceptors (Lipinski definition) is 4. The Morgan fingerprint density at radius 2 is 1.59 bits per heavy atom. The van der Waals surface area contributed by atoms with E-state index in [9.17, 15) is 4.79 Å². The van der Waals surface area contributed by atoms with E-state index in [1.54, 1.807) is 14.2 Å². The zero-order valence-electron chi connectivity index (χ0n) is 16.0. The molecule has 0 aliphatic carbocycles. The summed E-state index contributed by atoms with van der Waals surface area (Å²) in [5.74, 6) is 2.13. The first-order valence-corrected chi connectivity index (χ1v) is 9.11. The number of carbonyl (C=O) groups excluding carboxylic acids is 1. The van der Waals surface area contributed by atoms with Crippen LogP contribution in [0.25, 0.3) is 0 Å². The smallest absolute Gasteiger partial charge is 0.321 e. The molecular weight excluding hydrogens is 344 g/mol. The number of benzene rings is 2. The van der Waals surface area contributed by atoms with Crippen LogP contribution in [0.3, 0.4) is 0 Å². The fourth-order valence-electron chi connectivity index (χ4n) is 3.23. The van der Waals surface area contributed by atoms with Gasteiger partial charge >= 0.3 is 6.03 Å². The van der Waals surface area contributed by atoms with Gasteiger partial charge in [-0.2, -0.15) is 0 Å². The minimum atomic E-state index is -0.113. The van der Waals surface area contributed by atoms with Crippen molar-refractivity contribution in [2.45, 2.75) is 25.9 Å². The highest BCUT2D eigenvalue weighted by Crippen LogP contribution is 2.30. The van der Waals surface area contributed by atoms with Crippen molar-refractivity contribution in [1.29, 1.82) is 0 Å². The Hall–Kier alpha value is -2.89. The van der Waals surface area contributed by atoms with Crippen LogP contribution in [0.1, 0.15) is 18.4 Å². The van der Waals surface area contributed by atoms with Crippen molar-refractivity contribution < 1.29 is 19.0 Å². The van der Waals surface area contributed by atoms with E-state index in [0.717, 1.165) is 35.6 Å². The number of aryl methyl sites for hydroxylation is 1. The van der Waals surface area contributed by atoms with E-state index in [1.807, 2.05) is 54.3 Å². The highest BCUT2D eigenvalue weighted by Gasteiger charge is 2.25. The van der Waals surface area contributed by atoms with Gasteiger partial charge in [0.05, 0.1) is 19.9 Å². The highest BCUT2D eigenvalue weighted by atomic mass is 16.5. The van der Waals surface area contributed by atoms with E-state index >= 15 is 0 Å². The fourth-order valence-corrected chi connectivity index (χ4v) is 3.23. The molecule has 1 N–H and O–H groups in total. The topological polar surface area (TPSA) is 60.0 Å². The van der Waals surface area contributed by atoms with Gasteiger partial charge in [0.15, 0.2) is 11.5 Å². The fraction of sp³-hybridized carbons (Fsp3) is 0.381. The average molecular weight is 370 g/mol. The van der Waals surface area contributed by atoms with Gasteiger partial charge in [-0.05, 0) is 30.7 Å². The molecule has 27 heavy (non-hydrogen) atoms. The lowest BCUT2D eigenvalue weighted by atomic mass is 10.1. The third-order valence-corrected chi connectivity index (χ3v) is 4.78. The van der Waals surface area contributed by atoms with Crippen molar-refractivity contribution in [3.8, 4) is 17.2 Å². The number of amides is 2. The quantitative estimate of drug-likeness (QED) is 0.861. The summed E-state index contributed by atoms with van der Waals surface area (Å²) in [6, 6.07) is 13.2. The van der Waals surface area contributed by atoms with Gasteiger partial charge in [0.1, 0.15) is 11.9 Å². The molecule has 0 aromatic heterocycles. The van der Waals surface area contributed by atoms with Gasteiger partial charge < -0.3 is 24.4 Å². The third kappa shape index (κ3) is 4.45. The van der Waals surface area contributed by atoms with Crippen LogP contribution in [0.2, 0.25) is 0 Å². The molecule has 1 fully saturated rings. The Labute approximate surface area is 160 Å². The molecule has 144 valence electrons. The highest BCUT2D eigenvalue weighted by molar-refractivity contribution is 5.92. The van der Waals surface area contributed by atoms with Crippen molar-refractivity contribution in [2.75, 3.05) is 32.6 Å². The molecule has 1 heterocycles. The lowest BCUT2D eigenvalue weighted by molar-refractivity contribution is 0.112. The number of urea groups is 1. The molecule has 0 atom stereocenters. The molecule has 0 bridgehead atoms. The van der Waals surface area contributed by atoms with Crippen molar-refractivity contribution in [2.24, 2.45) is 0 Å². The molecular formula is C21H26N2O4. The number of piperidine rings is 1. The number of nitrogens with zero attached hydrogens (tertiary/aromatic N) is 1. The maximum Gasteiger partial charge on any atom is 0.321 e. The molecule has 1 aliphatic heterocycles. The number of para-hydroxylation sites is 3. The minimum absolute atomic E-state index is 0.0679. The number of anilines is 1. The minimum Gasteiger partial charge on any atom is -0.495 e. The van der Waals surface area contributed by atoms with E-state index < -0.39 is 0 Å². The number of likely N-dealkylation sites (tertiary alicyclic amines) is 1. The third-order valence-electron chi connectivity index (χ3n) is 4.78. The summed E-state index contributed by atoms with van der Waals surface area (Å²) in [5.41, 5.74) is 1.69. The second-order valence-corrected chi connectivity index (χ2v) is 6.54.